The van der Waals surface area contributed by atoms with Crippen molar-refractivity contribution in [2.75, 3.05) is 13.1 Å². The van der Waals surface area contributed by atoms with E-state index >= 15 is 0 Å². The standard InChI is InChI=1S/C15H17N3O3/c19-14(20)4-1-10-5-6-18(9-10)15(21)11-2-3-12-8-16-17-13(12)7-11/h2-3,7-8,10H,1,4-6,9H2,(H,16,17)(H,19,20). The smallest absolute Gasteiger partial charge is 0.303 e. The number of fused-ring (bicyclic) bond motifs is 1. The van der Waals surface area contributed by atoms with Gasteiger partial charge in [-0.05, 0) is 30.9 Å². The van der Waals surface area contributed by atoms with Gasteiger partial charge in [-0.15, -0.1) is 0 Å². The van der Waals surface area contributed by atoms with E-state index in [0.717, 1.165) is 17.3 Å². The zero-order valence-corrected chi connectivity index (χ0v) is 11.6. The predicted octanol–water partition coefficient (Wildman–Crippen LogP) is 1.89. The van der Waals surface area contributed by atoms with Gasteiger partial charge in [0, 0.05) is 30.5 Å². The topological polar surface area (TPSA) is 86.3 Å². The number of carbonyl (C=O) groups is 2. The lowest BCUT2D eigenvalue weighted by Crippen LogP contribution is -2.28. The van der Waals surface area contributed by atoms with Crippen molar-refractivity contribution >= 4 is 22.8 Å². The Morgan fingerprint density at radius 2 is 2.29 bits per heavy atom. The summed E-state index contributed by atoms with van der Waals surface area (Å²) in [6, 6.07) is 5.50. The highest BCUT2D eigenvalue weighted by atomic mass is 16.4. The van der Waals surface area contributed by atoms with Crippen LogP contribution in [0, 0.1) is 5.92 Å². The number of hydrogen-bond acceptors (Lipinski definition) is 3. The number of nitrogens with one attached hydrogen (secondary N) is 1. The van der Waals surface area contributed by atoms with Crippen LogP contribution in [-0.4, -0.2) is 45.2 Å². The van der Waals surface area contributed by atoms with E-state index in [1.807, 2.05) is 23.1 Å². The highest BCUT2D eigenvalue weighted by Crippen LogP contribution is 2.23. The summed E-state index contributed by atoms with van der Waals surface area (Å²) in [5.74, 6) is -0.477. The van der Waals surface area contributed by atoms with Gasteiger partial charge in [-0.2, -0.15) is 5.10 Å². The van der Waals surface area contributed by atoms with Crippen LogP contribution in [0.25, 0.3) is 10.9 Å². The number of benzene rings is 1. The molecule has 3 rings (SSSR count). The molecule has 6 heteroatoms. The van der Waals surface area contributed by atoms with Crippen molar-refractivity contribution in [3.63, 3.8) is 0 Å². The van der Waals surface area contributed by atoms with Gasteiger partial charge in [0.1, 0.15) is 0 Å². The molecule has 1 aliphatic rings. The number of aliphatic carboxylic acids is 1. The minimum atomic E-state index is -0.774. The van der Waals surface area contributed by atoms with Gasteiger partial charge in [0.05, 0.1) is 11.7 Å². The molecule has 1 saturated heterocycles. The first kappa shape index (κ1) is 13.6. The first-order valence-electron chi connectivity index (χ1n) is 7.07. The highest BCUT2D eigenvalue weighted by molar-refractivity contribution is 5.97. The van der Waals surface area contributed by atoms with E-state index in [0.29, 0.717) is 31.0 Å². The van der Waals surface area contributed by atoms with Crippen LogP contribution < -0.4 is 0 Å². The maximum atomic E-state index is 12.5. The van der Waals surface area contributed by atoms with Crippen LogP contribution in [0.3, 0.4) is 0 Å². The zero-order valence-electron chi connectivity index (χ0n) is 11.6. The first-order valence-corrected chi connectivity index (χ1v) is 7.07. The molecule has 2 heterocycles. The van der Waals surface area contributed by atoms with Crippen molar-refractivity contribution in [2.45, 2.75) is 19.3 Å². The van der Waals surface area contributed by atoms with Crippen LogP contribution in [0.4, 0.5) is 0 Å². The molecule has 2 aromatic rings. The average Bonchev–Trinajstić information content (AvgIpc) is 3.12. The van der Waals surface area contributed by atoms with E-state index in [4.69, 9.17) is 5.11 Å². The number of aromatic amines is 1. The lowest BCUT2D eigenvalue weighted by Gasteiger charge is -2.16. The maximum absolute atomic E-state index is 12.5. The lowest BCUT2D eigenvalue weighted by atomic mass is 10.0. The van der Waals surface area contributed by atoms with Crippen LogP contribution in [0.1, 0.15) is 29.6 Å². The summed E-state index contributed by atoms with van der Waals surface area (Å²) in [6.45, 7) is 1.34. The van der Waals surface area contributed by atoms with Crippen LogP contribution >= 0.6 is 0 Å². The van der Waals surface area contributed by atoms with Crippen molar-refractivity contribution < 1.29 is 14.7 Å². The fourth-order valence-corrected chi connectivity index (χ4v) is 2.83. The van der Waals surface area contributed by atoms with Gasteiger partial charge in [0.15, 0.2) is 0 Å². The lowest BCUT2D eigenvalue weighted by molar-refractivity contribution is -0.137. The summed E-state index contributed by atoms with van der Waals surface area (Å²) in [6.07, 6.45) is 3.41. The normalized spacial score (nSPS) is 18.3. The third kappa shape index (κ3) is 2.89. The molecule has 1 aromatic carbocycles. The van der Waals surface area contributed by atoms with Gasteiger partial charge in [-0.1, -0.05) is 6.07 Å². The summed E-state index contributed by atoms with van der Waals surface area (Å²) in [4.78, 5) is 24.9. The minimum Gasteiger partial charge on any atom is -0.481 e. The molecular formula is C15H17N3O3. The number of amides is 1. The van der Waals surface area contributed by atoms with E-state index in [9.17, 15) is 9.59 Å². The Labute approximate surface area is 121 Å². The van der Waals surface area contributed by atoms with Crippen molar-refractivity contribution in [3.05, 3.63) is 30.0 Å². The molecule has 0 saturated carbocycles. The van der Waals surface area contributed by atoms with E-state index in [1.54, 1.807) is 6.20 Å². The fourth-order valence-electron chi connectivity index (χ4n) is 2.83. The fraction of sp³-hybridized carbons (Fsp3) is 0.400. The molecule has 6 nitrogen and oxygen atoms in total. The van der Waals surface area contributed by atoms with Crippen LogP contribution in [0.15, 0.2) is 24.4 Å². The quantitative estimate of drug-likeness (QED) is 0.899. The zero-order chi connectivity index (χ0) is 14.8. The summed E-state index contributed by atoms with van der Waals surface area (Å²) in [7, 11) is 0. The molecular weight excluding hydrogens is 270 g/mol. The molecule has 110 valence electrons. The second-order valence-corrected chi connectivity index (χ2v) is 5.51. The van der Waals surface area contributed by atoms with Crippen molar-refractivity contribution in [1.82, 2.24) is 15.1 Å². The number of aromatic nitrogens is 2. The number of carbonyl (C=O) groups excluding carboxylic acids is 1. The third-order valence-electron chi connectivity index (χ3n) is 4.03. The molecule has 0 aliphatic carbocycles. The Morgan fingerprint density at radius 3 is 3.10 bits per heavy atom. The Morgan fingerprint density at radius 1 is 1.43 bits per heavy atom. The monoisotopic (exact) mass is 287 g/mol. The number of carboxylic acids is 1. The van der Waals surface area contributed by atoms with Gasteiger partial charge >= 0.3 is 5.97 Å². The number of H-pyrrole nitrogens is 1. The molecule has 1 fully saturated rings. The average molecular weight is 287 g/mol. The maximum Gasteiger partial charge on any atom is 0.303 e. The number of carboxylic acid groups (broad SMARTS) is 1. The van der Waals surface area contributed by atoms with Gasteiger partial charge < -0.3 is 10.0 Å². The summed E-state index contributed by atoms with van der Waals surface area (Å²) < 4.78 is 0. The predicted molar refractivity (Wildman–Crippen MR) is 77.0 cm³/mol. The van der Waals surface area contributed by atoms with E-state index < -0.39 is 5.97 Å². The Hall–Kier alpha value is -2.37. The van der Waals surface area contributed by atoms with E-state index in [2.05, 4.69) is 10.2 Å². The molecule has 0 bridgehead atoms. The van der Waals surface area contributed by atoms with Crippen molar-refractivity contribution in [2.24, 2.45) is 5.92 Å². The second-order valence-electron chi connectivity index (χ2n) is 5.51. The molecule has 1 aliphatic heterocycles. The van der Waals surface area contributed by atoms with Gasteiger partial charge in [0.25, 0.3) is 5.91 Å². The molecule has 1 atom stereocenters. The Balaban J connectivity index is 1.66. The summed E-state index contributed by atoms with van der Waals surface area (Å²) in [5.41, 5.74) is 1.49. The van der Waals surface area contributed by atoms with Gasteiger partial charge in [-0.3, -0.25) is 14.7 Å². The molecule has 0 spiro atoms. The number of rotatable bonds is 4. The molecule has 21 heavy (non-hydrogen) atoms. The SMILES string of the molecule is O=C(O)CCC1CCN(C(=O)c2ccc3cn[nH]c3c2)C1. The highest BCUT2D eigenvalue weighted by Gasteiger charge is 2.27. The van der Waals surface area contributed by atoms with Gasteiger partial charge in [0.2, 0.25) is 0 Å². The number of nitrogens with zero attached hydrogens (tertiary/aromatic N) is 2. The number of hydrogen-bond donors (Lipinski definition) is 2. The van der Waals surface area contributed by atoms with Crippen LogP contribution in [0.2, 0.25) is 0 Å². The van der Waals surface area contributed by atoms with Crippen molar-refractivity contribution in [3.8, 4) is 0 Å². The van der Waals surface area contributed by atoms with Crippen molar-refractivity contribution in [1.29, 1.82) is 0 Å². The van der Waals surface area contributed by atoms with Crippen LogP contribution in [-0.2, 0) is 4.79 Å². The summed E-state index contributed by atoms with van der Waals surface area (Å²) >= 11 is 0. The number of likely N-dealkylation sites (tertiary alicyclic amines) is 1. The minimum absolute atomic E-state index is 0.00400. The molecule has 2 N–H and O–H groups in total. The first-order chi connectivity index (χ1) is 10.1. The Kier molecular flexibility index (Phi) is 3.60. The molecule has 1 aromatic heterocycles. The Bertz CT molecular complexity index is 680. The van der Waals surface area contributed by atoms with E-state index in [-0.39, 0.29) is 12.3 Å². The largest absolute Gasteiger partial charge is 0.481 e. The molecule has 1 unspecified atom stereocenters. The summed E-state index contributed by atoms with van der Waals surface area (Å²) in [5, 5.41) is 16.5. The van der Waals surface area contributed by atoms with Crippen LogP contribution in [0.5, 0.6) is 0 Å². The second kappa shape index (κ2) is 5.55. The molecule has 0 radical (unpaired) electrons. The van der Waals surface area contributed by atoms with Gasteiger partial charge in [-0.25, -0.2) is 0 Å². The third-order valence-corrected chi connectivity index (χ3v) is 4.03. The molecule has 1 amide bonds. The van der Waals surface area contributed by atoms with E-state index in [1.165, 1.54) is 0 Å².